The number of rotatable bonds is 5. The summed E-state index contributed by atoms with van der Waals surface area (Å²) in [5.74, 6) is -0.223. The van der Waals surface area contributed by atoms with E-state index in [0.29, 0.717) is 16.9 Å². The van der Waals surface area contributed by atoms with Crippen LogP contribution in [-0.4, -0.2) is 19.1 Å². The van der Waals surface area contributed by atoms with Crippen molar-refractivity contribution in [2.75, 3.05) is 11.1 Å². The van der Waals surface area contributed by atoms with Crippen LogP contribution in [0.15, 0.2) is 48.5 Å². The molecular formula is C19H24N2O3S. The van der Waals surface area contributed by atoms with Crippen LogP contribution in [-0.2, 0) is 26.8 Å². The van der Waals surface area contributed by atoms with E-state index in [-0.39, 0.29) is 18.1 Å². The molecule has 0 spiro atoms. The number of nitrogens with one attached hydrogen (secondary N) is 1. The van der Waals surface area contributed by atoms with Gasteiger partial charge in [0.05, 0.1) is 16.9 Å². The lowest BCUT2D eigenvalue weighted by atomic mass is 10.1. The maximum absolute atomic E-state index is 12.3. The third kappa shape index (κ3) is 5.32. The van der Waals surface area contributed by atoms with Crippen LogP contribution in [0, 0.1) is 0 Å². The van der Waals surface area contributed by atoms with E-state index in [0.717, 1.165) is 5.56 Å². The van der Waals surface area contributed by atoms with Crippen LogP contribution >= 0.6 is 0 Å². The highest BCUT2D eigenvalue weighted by atomic mass is 32.2. The van der Waals surface area contributed by atoms with Gasteiger partial charge in [-0.3, -0.25) is 4.79 Å². The molecular weight excluding hydrogens is 336 g/mol. The molecule has 0 aromatic heterocycles. The molecule has 0 saturated heterocycles. The second-order valence-corrected chi connectivity index (χ2v) is 9.78. The first-order valence-electron chi connectivity index (χ1n) is 8.02. The number of benzene rings is 2. The number of anilines is 2. The number of carbonyl (C=O) groups is 1. The summed E-state index contributed by atoms with van der Waals surface area (Å²) in [6.45, 7) is 5.04. The predicted octanol–water partition coefficient (Wildman–Crippen LogP) is 3.16. The molecule has 0 heterocycles. The monoisotopic (exact) mass is 360 g/mol. The zero-order valence-electron chi connectivity index (χ0n) is 14.7. The fourth-order valence-electron chi connectivity index (χ4n) is 2.20. The number of amides is 1. The molecule has 0 aliphatic rings. The summed E-state index contributed by atoms with van der Waals surface area (Å²) in [5.41, 5.74) is 8.38. The van der Waals surface area contributed by atoms with Crippen molar-refractivity contribution >= 4 is 27.1 Å². The molecule has 5 nitrogen and oxygen atoms in total. The van der Waals surface area contributed by atoms with Gasteiger partial charge in [0.2, 0.25) is 5.91 Å². The van der Waals surface area contributed by atoms with E-state index in [2.05, 4.69) is 5.32 Å². The Bertz CT molecular complexity index is 851. The largest absolute Gasteiger partial charge is 0.399 e. The molecule has 2 aromatic rings. The van der Waals surface area contributed by atoms with Crippen molar-refractivity contribution in [2.45, 2.75) is 37.7 Å². The summed E-state index contributed by atoms with van der Waals surface area (Å²) >= 11 is 0. The van der Waals surface area contributed by atoms with Gasteiger partial charge < -0.3 is 11.1 Å². The molecule has 0 atom stereocenters. The van der Waals surface area contributed by atoms with E-state index in [1.807, 2.05) is 0 Å². The highest BCUT2D eigenvalue weighted by Gasteiger charge is 2.28. The predicted molar refractivity (Wildman–Crippen MR) is 102 cm³/mol. The van der Waals surface area contributed by atoms with Crippen LogP contribution in [0.1, 0.15) is 31.9 Å². The fraction of sp³-hybridized carbons (Fsp3) is 0.316. The van der Waals surface area contributed by atoms with Crippen LogP contribution < -0.4 is 11.1 Å². The molecule has 6 heteroatoms. The minimum Gasteiger partial charge on any atom is -0.399 e. The zero-order chi connectivity index (χ0) is 18.7. The van der Waals surface area contributed by atoms with Gasteiger partial charge in [-0.2, -0.15) is 0 Å². The molecule has 0 aliphatic carbocycles. The number of nitrogens with two attached hydrogens (primary N) is 1. The number of carbonyl (C=O) groups excluding carboxylic acids is 1. The fourth-order valence-corrected chi connectivity index (χ4v) is 3.25. The molecule has 0 aliphatic heterocycles. The van der Waals surface area contributed by atoms with Crippen LogP contribution in [0.25, 0.3) is 0 Å². The Hall–Kier alpha value is -2.34. The quantitative estimate of drug-likeness (QED) is 0.802. The SMILES string of the molecule is CC(C)(C)S(=O)(=O)Cc1cccc(NC(=O)Cc2ccc(N)cc2)c1. The normalized spacial score (nSPS) is 12.0. The summed E-state index contributed by atoms with van der Waals surface area (Å²) in [6.07, 6.45) is 0.227. The molecule has 1 amide bonds. The van der Waals surface area contributed by atoms with Crippen LogP contribution in [0.2, 0.25) is 0 Å². The van der Waals surface area contributed by atoms with Gasteiger partial charge in [0.25, 0.3) is 0 Å². The van der Waals surface area contributed by atoms with Gasteiger partial charge in [-0.1, -0.05) is 24.3 Å². The Morgan fingerprint density at radius 2 is 1.68 bits per heavy atom. The minimum absolute atomic E-state index is 0.0574. The molecule has 0 radical (unpaired) electrons. The van der Waals surface area contributed by atoms with Crippen LogP contribution in [0.5, 0.6) is 0 Å². The van der Waals surface area contributed by atoms with Gasteiger partial charge in [-0.25, -0.2) is 8.42 Å². The van der Waals surface area contributed by atoms with E-state index in [1.54, 1.807) is 69.3 Å². The maximum Gasteiger partial charge on any atom is 0.228 e. The van der Waals surface area contributed by atoms with Gasteiger partial charge in [0, 0.05) is 11.4 Å². The molecule has 0 fully saturated rings. The van der Waals surface area contributed by atoms with E-state index >= 15 is 0 Å². The Labute approximate surface area is 149 Å². The summed E-state index contributed by atoms with van der Waals surface area (Å²) in [7, 11) is -3.27. The molecule has 3 N–H and O–H groups in total. The highest BCUT2D eigenvalue weighted by molar-refractivity contribution is 7.91. The molecule has 25 heavy (non-hydrogen) atoms. The Balaban J connectivity index is 2.06. The number of hydrogen-bond donors (Lipinski definition) is 2. The van der Waals surface area contributed by atoms with Crippen LogP contribution in [0.4, 0.5) is 11.4 Å². The zero-order valence-corrected chi connectivity index (χ0v) is 15.6. The smallest absolute Gasteiger partial charge is 0.228 e. The van der Waals surface area contributed by atoms with Gasteiger partial charge in [-0.15, -0.1) is 0 Å². The number of hydrogen-bond acceptors (Lipinski definition) is 4. The van der Waals surface area contributed by atoms with Crippen molar-refractivity contribution < 1.29 is 13.2 Å². The topological polar surface area (TPSA) is 89.3 Å². The first kappa shape index (κ1) is 19.0. The standard InChI is InChI=1S/C19H24N2O3S/c1-19(2,3)25(23,24)13-15-5-4-6-17(11-15)21-18(22)12-14-7-9-16(20)10-8-14/h4-11H,12-13,20H2,1-3H3,(H,21,22). The minimum atomic E-state index is -3.27. The number of nitrogen functional groups attached to an aromatic ring is 1. The Morgan fingerprint density at radius 1 is 1.04 bits per heavy atom. The van der Waals surface area contributed by atoms with E-state index in [4.69, 9.17) is 5.73 Å². The average molecular weight is 360 g/mol. The molecule has 2 aromatic carbocycles. The van der Waals surface area contributed by atoms with E-state index in [1.165, 1.54) is 0 Å². The Morgan fingerprint density at radius 3 is 2.28 bits per heavy atom. The highest BCUT2D eigenvalue weighted by Crippen LogP contribution is 2.22. The molecule has 0 bridgehead atoms. The second kappa shape index (κ2) is 7.27. The van der Waals surface area contributed by atoms with Crippen molar-refractivity contribution in [3.63, 3.8) is 0 Å². The van der Waals surface area contributed by atoms with Crippen molar-refractivity contribution in [1.29, 1.82) is 0 Å². The third-order valence-electron chi connectivity index (χ3n) is 3.84. The lowest BCUT2D eigenvalue weighted by Crippen LogP contribution is -2.29. The van der Waals surface area contributed by atoms with Gasteiger partial charge in [-0.05, 0) is 56.2 Å². The number of sulfone groups is 1. The van der Waals surface area contributed by atoms with E-state index < -0.39 is 14.6 Å². The first-order valence-corrected chi connectivity index (χ1v) is 9.67. The Kier molecular flexibility index (Phi) is 5.52. The van der Waals surface area contributed by atoms with Crippen molar-refractivity contribution in [3.8, 4) is 0 Å². The molecule has 2 rings (SSSR count). The van der Waals surface area contributed by atoms with Gasteiger partial charge in [0.15, 0.2) is 9.84 Å². The lowest BCUT2D eigenvalue weighted by molar-refractivity contribution is -0.115. The van der Waals surface area contributed by atoms with Crippen molar-refractivity contribution in [3.05, 3.63) is 59.7 Å². The summed E-state index contributed by atoms with van der Waals surface area (Å²) < 4.78 is 23.8. The summed E-state index contributed by atoms with van der Waals surface area (Å²) in [6, 6.07) is 14.0. The third-order valence-corrected chi connectivity index (χ3v) is 6.42. The van der Waals surface area contributed by atoms with Crippen molar-refractivity contribution in [2.24, 2.45) is 0 Å². The maximum atomic E-state index is 12.3. The van der Waals surface area contributed by atoms with E-state index in [9.17, 15) is 13.2 Å². The van der Waals surface area contributed by atoms with Gasteiger partial charge >= 0.3 is 0 Å². The lowest BCUT2D eigenvalue weighted by Gasteiger charge is -2.19. The summed E-state index contributed by atoms with van der Waals surface area (Å²) in [5, 5.41) is 2.80. The molecule has 0 unspecified atom stereocenters. The second-order valence-electron chi connectivity index (χ2n) is 7.04. The van der Waals surface area contributed by atoms with Crippen molar-refractivity contribution in [1.82, 2.24) is 0 Å². The molecule has 134 valence electrons. The van der Waals surface area contributed by atoms with Crippen LogP contribution in [0.3, 0.4) is 0 Å². The van der Waals surface area contributed by atoms with Gasteiger partial charge in [0.1, 0.15) is 0 Å². The summed E-state index contributed by atoms with van der Waals surface area (Å²) in [4.78, 5) is 12.2. The molecule has 0 saturated carbocycles. The average Bonchev–Trinajstić information content (AvgIpc) is 2.48. The first-order chi connectivity index (χ1) is 11.6.